The first-order valence-corrected chi connectivity index (χ1v) is 10.6. The average molecular weight is 451 g/mol. The predicted octanol–water partition coefficient (Wildman–Crippen LogP) is 3.44. The van der Waals surface area contributed by atoms with Gasteiger partial charge in [0, 0.05) is 0 Å². The zero-order chi connectivity index (χ0) is 21.6. The Balaban J connectivity index is 1.56. The molecule has 0 radical (unpaired) electrons. The highest BCUT2D eigenvalue weighted by Crippen LogP contribution is 2.28. The van der Waals surface area contributed by atoms with Crippen LogP contribution in [-0.2, 0) is 21.4 Å². The fourth-order valence-corrected chi connectivity index (χ4v) is 3.76. The lowest BCUT2D eigenvalue weighted by Gasteiger charge is -2.11. The minimum Gasteiger partial charge on any atom is -0.495 e. The summed E-state index contributed by atoms with van der Waals surface area (Å²) in [7, 11) is -2.36. The van der Waals surface area contributed by atoms with Gasteiger partial charge in [0.15, 0.2) is 6.61 Å². The summed E-state index contributed by atoms with van der Waals surface area (Å²) in [5.74, 6) is 1.09. The Kier molecular flexibility index (Phi) is 6.86. The van der Waals surface area contributed by atoms with Gasteiger partial charge in [0.2, 0.25) is 0 Å². The monoisotopic (exact) mass is 450 g/mol. The van der Waals surface area contributed by atoms with Gasteiger partial charge in [-0.05, 0) is 54.6 Å². The molecule has 0 aliphatic carbocycles. The second-order valence-electron chi connectivity index (χ2n) is 6.07. The van der Waals surface area contributed by atoms with Crippen molar-refractivity contribution in [2.45, 2.75) is 11.4 Å². The largest absolute Gasteiger partial charge is 0.495 e. The summed E-state index contributed by atoms with van der Waals surface area (Å²) in [6.07, 6.45) is 1.52. The first-order valence-electron chi connectivity index (χ1n) is 8.76. The minimum atomic E-state index is -3.83. The van der Waals surface area contributed by atoms with E-state index in [1.165, 1.54) is 43.7 Å². The third kappa shape index (κ3) is 5.68. The van der Waals surface area contributed by atoms with E-state index in [0.717, 1.165) is 0 Å². The van der Waals surface area contributed by atoms with Gasteiger partial charge in [-0.25, -0.2) is 8.42 Å². The van der Waals surface area contributed by atoms with Crippen LogP contribution < -0.4 is 19.5 Å². The number of hydrogen-bond acceptors (Lipinski definition) is 6. The quantitative estimate of drug-likeness (QED) is 0.517. The molecular formula is C20H19ClN2O6S. The van der Waals surface area contributed by atoms with Crippen LogP contribution in [0.1, 0.15) is 5.76 Å². The summed E-state index contributed by atoms with van der Waals surface area (Å²) in [5.41, 5.74) is 0.300. The van der Waals surface area contributed by atoms with Gasteiger partial charge in [0.05, 0.1) is 35.5 Å². The van der Waals surface area contributed by atoms with Crippen molar-refractivity contribution in [3.8, 4) is 11.5 Å². The van der Waals surface area contributed by atoms with Crippen LogP contribution in [0.5, 0.6) is 11.5 Å². The van der Waals surface area contributed by atoms with Gasteiger partial charge in [-0.15, -0.1) is 0 Å². The maximum absolute atomic E-state index is 12.5. The van der Waals surface area contributed by atoms with Crippen LogP contribution in [0.2, 0.25) is 5.02 Å². The van der Waals surface area contributed by atoms with Crippen molar-refractivity contribution in [1.82, 2.24) is 5.32 Å². The standard InChI is InChI=1S/C20H19ClN2O6S/c1-27-19-9-4-14(11-18(19)21)23-30(25,26)17-7-5-15(6-8-17)29-13-20(24)22-12-16-3-2-10-28-16/h2-11,23H,12-13H2,1H3,(H,22,24). The lowest BCUT2D eigenvalue weighted by Crippen LogP contribution is -2.28. The van der Waals surface area contributed by atoms with Crippen LogP contribution >= 0.6 is 11.6 Å². The Morgan fingerprint density at radius 1 is 1.13 bits per heavy atom. The molecule has 0 spiro atoms. The molecule has 0 aliphatic rings. The molecule has 10 heteroatoms. The van der Waals surface area contributed by atoms with Gasteiger partial charge in [-0.2, -0.15) is 0 Å². The molecular weight excluding hydrogens is 432 g/mol. The summed E-state index contributed by atoms with van der Waals surface area (Å²) in [6, 6.07) is 13.7. The molecule has 1 aromatic heterocycles. The molecule has 158 valence electrons. The van der Waals surface area contributed by atoms with Crippen molar-refractivity contribution in [3.05, 3.63) is 71.6 Å². The van der Waals surface area contributed by atoms with Crippen molar-refractivity contribution < 1.29 is 27.1 Å². The van der Waals surface area contributed by atoms with Crippen molar-refractivity contribution in [1.29, 1.82) is 0 Å². The molecule has 0 saturated carbocycles. The summed E-state index contributed by atoms with van der Waals surface area (Å²) in [5, 5.41) is 2.93. The van der Waals surface area contributed by atoms with E-state index in [9.17, 15) is 13.2 Å². The minimum absolute atomic E-state index is 0.0315. The van der Waals surface area contributed by atoms with Gasteiger partial charge in [-0.3, -0.25) is 9.52 Å². The summed E-state index contributed by atoms with van der Waals surface area (Å²) >= 11 is 6.02. The van der Waals surface area contributed by atoms with Crippen LogP contribution in [0.4, 0.5) is 5.69 Å². The molecule has 0 saturated heterocycles. The van der Waals surface area contributed by atoms with Gasteiger partial charge in [0.25, 0.3) is 15.9 Å². The molecule has 0 atom stereocenters. The second-order valence-corrected chi connectivity index (χ2v) is 8.16. The summed E-state index contributed by atoms with van der Waals surface area (Å²) in [4.78, 5) is 11.8. The van der Waals surface area contributed by atoms with Crippen molar-refractivity contribution in [2.75, 3.05) is 18.4 Å². The molecule has 0 fully saturated rings. The lowest BCUT2D eigenvalue weighted by atomic mass is 10.3. The van der Waals surface area contributed by atoms with Gasteiger partial charge < -0.3 is 19.2 Å². The van der Waals surface area contributed by atoms with Crippen LogP contribution in [0.25, 0.3) is 0 Å². The molecule has 30 heavy (non-hydrogen) atoms. The molecule has 2 aromatic carbocycles. The zero-order valence-electron chi connectivity index (χ0n) is 15.9. The van der Waals surface area contributed by atoms with Gasteiger partial charge >= 0.3 is 0 Å². The number of hydrogen-bond donors (Lipinski definition) is 2. The Labute approximate surface area is 178 Å². The number of ether oxygens (including phenoxy) is 2. The number of sulfonamides is 1. The maximum Gasteiger partial charge on any atom is 0.261 e. The third-order valence-corrected chi connectivity index (χ3v) is 5.64. The molecule has 0 unspecified atom stereocenters. The summed E-state index contributed by atoms with van der Waals surface area (Å²) in [6.45, 7) is 0.0445. The SMILES string of the molecule is COc1ccc(NS(=O)(=O)c2ccc(OCC(=O)NCc3ccco3)cc2)cc1Cl. The second kappa shape index (κ2) is 9.55. The number of rotatable bonds is 9. The number of methoxy groups -OCH3 is 1. The number of furan rings is 1. The molecule has 3 rings (SSSR count). The Morgan fingerprint density at radius 3 is 2.53 bits per heavy atom. The van der Waals surface area contributed by atoms with E-state index in [4.69, 9.17) is 25.5 Å². The van der Waals surface area contributed by atoms with Gasteiger partial charge in [0.1, 0.15) is 17.3 Å². The van der Waals surface area contributed by atoms with Crippen molar-refractivity contribution >= 4 is 33.2 Å². The highest BCUT2D eigenvalue weighted by Gasteiger charge is 2.15. The molecule has 0 bridgehead atoms. The van der Waals surface area contributed by atoms with E-state index in [2.05, 4.69) is 10.0 Å². The van der Waals surface area contributed by atoms with E-state index in [0.29, 0.717) is 22.9 Å². The van der Waals surface area contributed by atoms with E-state index in [1.54, 1.807) is 24.3 Å². The smallest absolute Gasteiger partial charge is 0.261 e. The van der Waals surface area contributed by atoms with Crippen molar-refractivity contribution in [3.63, 3.8) is 0 Å². The molecule has 0 aliphatic heterocycles. The maximum atomic E-state index is 12.5. The van der Waals surface area contributed by atoms with Gasteiger partial charge in [-0.1, -0.05) is 11.6 Å². The predicted molar refractivity (Wildman–Crippen MR) is 111 cm³/mol. The number of benzene rings is 2. The third-order valence-electron chi connectivity index (χ3n) is 3.95. The number of nitrogens with one attached hydrogen (secondary N) is 2. The molecule has 8 nitrogen and oxygen atoms in total. The normalized spacial score (nSPS) is 11.0. The lowest BCUT2D eigenvalue weighted by molar-refractivity contribution is -0.123. The molecule has 1 amide bonds. The number of halogens is 1. The van der Waals surface area contributed by atoms with E-state index < -0.39 is 10.0 Å². The Hall–Kier alpha value is -3.17. The van der Waals surface area contributed by atoms with Crippen LogP contribution in [0.15, 0.2) is 70.2 Å². The van der Waals surface area contributed by atoms with Crippen molar-refractivity contribution in [2.24, 2.45) is 0 Å². The highest BCUT2D eigenvalue weighted by molar-refractivity contribution is 7.92. The van der Waals surface area contributed by atoms with Crippen LogP contribution in [0.3, 0.4) is 0 Å². The van der Waals surface area contributed by atoms with E-state index in [1.807, 2.05) is 0 Å². The zero-order valence-corrected chi connectivity index (χ0v) is 17.5. The molecule has 1 heterocycles. The topological polar surface area (TPSA) is 107 Å². The van der Waals surface area contributed by atoms with E-state index >= 15 is 0 Å². The van der Waals surface area contributed by atoms with Crippen LogP contribution in [-0.4, -0.2) is 28.0 Å². The van der Waals surface area contributed by atoms with Crippen LogP contribution in [0, 0.1) is 0 Å². The molecule has 2 N–H and O–H groups in total. The fraction of sp³-hybridized carbons (Fsp3) is 0.150. The first kappa shape index (κ1) is 21.5. The van der Waals surface area contributed by atoms with E-state index in [-0.39, 0.29) is 29.0 Å². The number of carbonyl (C=O) groups excluding carboxylic acids is 1. The average Bonchev–Trinajstić information content (AvgIpc) is 3.24. The summed E-state index contributed by atoms with van der Waals surface area (Å²) < 4.78 is 43.1. The molecule has 3 aromatic rings. The highest BCUT2D eigenvalue weighted by atomic mass is 35.5. The fourth-order valence-electron chi connectivity index (χ4n) is 2.46. The Bertz CT molecular complexity index is 1100. The Morgan fingerprint density at radius 2 is 1.90 bits per heavy atom. The number of carbonyl (C=O) groups is 1. The number of anilines is 1. The number of amides is 1. The first-order chi connectivity index (χ1) is 14.4.